The van der Waals surface area contributed by atoms with Gasteiger partial charge in [0.25, 0.3) is 5.91 Å². The smallest absolute Gasteiger partial charge is 0.341 e. The number of methoxy groups -OCH3 is 1. The fourth-order valence-electron chi connectivity index (χ4n) is 5.04. The van der Waals surface area contributed by atoms with Crippen LogP contribution in [0.4, 0.5) is 5.00 Å². The van der Waals surface area contributed by atoms with E-state index in [9.17, 15) is 14.9 Å². The van der Waals surface area contributed by atoms with E-state index < -0.39 is 11.9 Å². The molecule has 4 rings (SSSR count). The molecule has 0 radical (unpaired) electrons. The van der Waals surface area contributed by atoms with Gasteiger partial charge in [-0.1, -0.05) is 23.8 Å². The third kappa shape index (κ3) is 6.37. The molecule has 0 aliphatic heterocycles. The normalized spacial score (nSPS) is 12.8. The monoisotopic (exact) mass is 558 g/mol. The molecule has 1 N–H and O–H groups in total. The fraction of sp³-hybridized carbons (Fsp3) is 0.344. The molecule has 7 nitrogen and oxygen atoms in total. The minimum absolute atomic E-state index is 0.0946. The van der Waals surface area contributed by atoms with Crippen molar-refractivity contribution in [2.75, 3.05) is 19.0 Å². The number of hydrogen-bond acceptors (Lipinski definition) is 7. The highest BCUT2D eigenvalue weighted by molar-refractivity contribution is 7.17. The number of nitriles is 1. The molecule has 0 saturated carbocycles. The zero-order valence-corrected chi connectivity index (χ0v) is 24.4. The van der Waals surface area contributed by atoms with Crippen LogP contribution in [0.5, 0.6) is 11.5 Å². The van der Waals surface area contributed by atoms with Crippen molar-refractivity contribution >= 4 is 34.3 Å². The number of hydrogen-bond donors (Lipinski definition) is 1. The highest BCUT2D eigenvalue weighted by Crippen LogP contribution is 2.39. The summed E-state index contributed by atoms with van der Waals surface area (Å²) in [6.45, 7) is 8.59. The Labute approximate surface area is 239 Å². The Morgan fingerprint density at radius 3 is 2.48 bits per heavy atom. The Balaban J connectivity index is 1.55. The van der Waals surface area contributed by atoms with Crippen LogP contribution < -0.4 is 14.8 Å². The van der Waals surface area contributed by atoms with Gasteiger partial charge in [0.05, 0.1) is 19.3 Å². The summed E-state index contributed by atoms with van der Waals surface area (Å²) in [4.78, 5) is 27.0. The molecule has 0 spiro atoms. The van der Waals surface area contributed by atoms with Gasteiger partial charge in [0.2, 0.25) is 0 Å². The van der Waals surface area contributed by atoms with Crippen molar-refractivity contribution in [1.82, 2.24) is 0 Å². The molecule has 1 heterocycles. The van der Waals surface area contributed by atoms with Crippen LogP contribution in [0.2, 0.25) is 0 Å². The Bertz CT molecular complexity index is 1490. The number of fused-ring (bicyclic) bond motifs is 1. The van der Waals surface area contributed by atoms with Crippen molar-refractivity contribution < 1.29 is 23.8 Å². The number of aryl methyl sites for hydroxylation is 4. The minimum atomic E-state index is -0.587. The molecule has 8 heteroatoms. The van der Waals surface area contributed by atoms with E-state index in [1.165, 1.54) is 34.1 Å². The molecule has 2 aromatic carbocycles. The lowest BCUT2D eigenvalue weighted by Crippen LogP contribution is -2.16. The van der Waals surface area contributed by atoms with Gasteiger partial charge >= 0.3 is 5.97 Å². The molecule has 3 aromatic rings. The number of nitrogens with one attached hydrogen (secondary N) is 1. The van der Waals surface area contributed by atoms with Crippen LogP contribution in [-0.2, 0) is 29.0 Å². The predicted molar refractivity (Wildman–Crippen MR) is 157 cm³/mol. The topological polar surface area (TPSA) is 97.7 Å². The van der Waals surface area contributed by atoms with Crippen molar-refractivity contribution in [3.63, 3.8) is 0 Å². The number of amides is 1. The molecule has 1 aliphatic rings. The summed E-state index contributed by atoms with van der Waals surface area (Å²) in [5, 5.41) is 13.0. The number of rotatable bonds is 9. The van der Waals surface area contributed by atoms with Gasteiger partial charge < -0.3 is 19.5 Å². The van der Waals surface area contributed by atoms with Crippen LogP contribution in [0, 0.1) is 32.1 Å². The van der Waals surface area contributed by atoms with E-state index in [-0.39, 0.29) is 12.2 Å². The first-order valence-corrected chi connectivity index (χ1v) is 14.2. The molecule has 0 fully saturated rings. The van der Waals surface area contributed by atoms with Gasteiger partial charge in [0.1, 0.15) is 23.3 Å². The summed E-state index contributed by atoms with van der Waals surface area (Å²) in [6, 6.07) is 11.5. The summed E-state index contributed by atoms with van der Waals surface area (Å²) in [6.07, 6.45) is 5.15. The molecule has 208 valence electrons. The first kappa shape index (κ1) is 28.9. The molecule has 0 atom stereocenters. The van der Waals surface area contributed by atoms with Gasteiger partial charge in [-0.15, -0.1) is 11.3 Å². The molecule has 0 unspecified atom stereocenters. The van der Waals surface area contributed by atoms with Crippen LogP contribution in [0.25, 0.3) is 6.08 Å². The maximum absolute atomic E-state index is 13.2. The Kier molecular flexibility index (Phi) is 9.28. The third-order valence-corrected chi connectivity index (χ3v) is 8.16. The van der Waals surface area contributed by atoms with Crippen molar-refractivity contribution in [1.29, 1.82) is 5.26 Å². The molecular formula is C32H34N2O5S. The molecule has 1 aromatic heterocycles. The van der Waals surface area contributed by atoms with Crippen molar-refractivity contribution in [3.8, 4) is 17.6 Å². The molecule has 40 heavy (non-hydrogen) atoms. The summed E-state index contributed by atoms with van der Waals surface area (Å²) in [5.74, 6) is 0.0157. The SMILES string of the molecule is CCOC(=O)c1c(NC(=O)/C(C#N)=C/c2ccc(OCc3c(C)cc(C)cc3C)c(OC)c2)sc2c1CCCC2. The predicted octanol–water partition coefficient (Wildman–Crippen LogP) is 6.86. The highest BCUT2D eigenvalue weighted by Gasteiger charge is 2.28. The number of nitrogens with zero attached hydrogens (tertiary/aromatic N) is 1. The van der Waals surface area contributed by atoms with E-state index >= 15 is 0 Å². The van der Waals surface area contributed by atoms with Gasteiger partial charge in [-0.2, -0.15) is 5.26 Å². The van der Waals surface area contributed by atoms with Crippen molar-refractivity contribution in [3.05, 3.63) is 79.7 Å². The van der Waals surface area contributed by atoms with Gasteiger partial charge in [-0.3, -0.25) is 4.79 Å². The van der Waals surface area contributed by atoms with Crippen molar-refractivity contribution in [2.24, 2.45) is 0 Å². The average Bonchev–Trinajstić information content (AvgIpc) is 3.29. The Hall–Kier alpha value is -4.09. The molecule has 0 bridgehead atoms. The van der Waals surface area contributed by atoms with Crippen LogP contribution in [-0.4, -0.2) is 25.6 Å². The lowest BCUT2D eigenvalue weighted by molar-refractivity contribution is -0.112. The number of esters is 1. The van der Waals surface area contributed by atoms with Gasteiger partial charge in [0.15, 0.2) is 11.5 Å². The minimum Gasteiger partial charge on any atom is -0.493 e. The van der Waals surface area contributed by atoms with E-state index in [0.29, 0.717) is 34.2 Å². The molecule has 1 amide bonds. The highest BCUT2D eigenvalue weighted by atomic mass is 32.1. The average molecular weight is 559 g/mol. The maximum atomic E-state index is 13.2. The van der Waals surface area contributed by atoms with E-state index in [2.05, 4.69) is 38.2 Å². The molecule has 0 saturated heterocycles. The van der Waals surface area contributed by atoms with E-state index in [1.54, 1.807) is 32.2 Å². The fourth-order valence-corrected chi connectivity index (χ4v) is 6.31. The Morgan fingerprint density at radius 1 is 1.07 bits per heavy atom. The van der Waals surface area contributed by atoms with Crippen LogP contribution >= 0.6 is 11.3 Å². The number of anilines is 1. The zero-order chi connectivity index (χ0) is 28.8. The molecule has 1 aliphatic carbocycles. The van der Waals surface area contributed by atoms with Crippen LogP contribution in [0.15, 0.2) is 35.9 Å². The van der Waals surface area contributed by atoms with Gasteiger partial charge in [-0.05, 0) is 99.4 Å². The Morgan fingerprint density at radius 2 is 1.80 bits per heavy atom. The summed E-state index contributed by atoms with van der Waals surface area (Å²) in [7, 11) is 1.55. The number of thiophene rings is 1. The number of carbonyl (C=O) groups excluding carboxylic acids is 2. The zero-order valence-electron chi connectivity index (χ0n) is 23.6. The number of carbonyl (C=O) groups is 2. The summed E-state index contributed by atoms with van der Waals surface area (Å²) < 4.78 is 16.9. The van der Waals surface area contributed by atoms with E-state index in [4.69, 9.17) is 14.2 Å². The van der Waals surface area contributed by atoms with E-state index in [1.807, 2.05) is 6.07 Å². The molecular weight excluding hydrogens is 524 g/mol. The van der Waals surface area contributed by atoms with Crippen molar-refractivity contribution in [2.45, 2.75) is 60.0 Å². The first-order chi connectivity index (χ1) is 19.2. The lowest BCUT2D eigenvalue weighted by atomic mass is 9.95. The summed E-state index contributed by atoms with van der Waals surface area (Å²) >= 11 is 1.39. The van der Waals surface area contributed by atoms with Gasteiger partial charge in [0, 0.05) is 4.88 Å². The number of ether oxygens (including phenoxy) is 3. The standard InChI is InChI=1S/C32H34N2O5S/c1-6-38-32(36)29-24-9-7-8-10-28(24)40-31(29)34-30(35)23(17-33)15-22-11-12-26(27(16-22)37-5)39-18-25-20(3)13-19(2)14-21(25)4/h11-16H,6-10,18H2,1-5H3,(H,34,35)/b23-15+. The largest absolute Gasteiger partial charge is 0.493 e. The second kappa shape index (κ2) is 12.8. The van der Waals surface area contributed by atoms with Crippen LogP contribution in [0.1, 0.15) is 68.4 Å². The lowest BCUT2D eigenvalue weighted by Gasteiger charge is -2.15. The second-order valence-electron chi connectivity index (χ2n) is 9.84. The van der Waals surface area contributed by atoms with Crippen LogP contribution in [0.3, 0.4) is 0 Å². The summed E-state index contributed by atoms with van der Waals surface area (Å²) in [5.41, 5.74) is 6.53. The first-order valence-electron chi connectivity index (χ1n) is 13.4. The number of benzene rings is 2. The third-order valence-electron chi connectivity index (χ3n) is 6.95. The second-order valence-corrected chi connectivity index (χ2v) is 10.9. The maximum Gasteiger partial charge on any atom is 0.341 e. The van der Waals surface area contributed by atoms with Gasteiger partial charge in [-0.25, -0.2) is 4.79 Å². The quantitative estimate of drug-likeness (QED) is 0.175. The van der Waals surface area contributed by atoms with E-state index in [0.717, 1.165) is 41.7 Å².